The molecule has 0 fully saturated rings. The Morgan fingerprint density at radius 2 is 1.95 bits per heavy atom. The lowest BCUT2D eigenvalue weighted by Gasteiger charge is -2.17. The fraction of sp³-hybridized carbons (Fsp3) is 0.538. The number of rotatable bonds is 5. The summed E-state index contributed by atoms with van der Waals surface area (Å²) in [4.78, 5) is 0. The molecular formula is C13H19ClF3NO. The summed E-state index contributed by atoms with van der Waals surface area (Å²) in [5, 5.41) is 0. The molecular weight excluding hydrogens is 279 g/mol. The predicted molar refractivity (Wildman–Crippen MR) is 71.7 cm³/mol. The zero-order valence-electron chi connectivity index (χ0n) is 11.0. The lowest BCUT2D eigenvalue weighted by molar-refractivity contribution is -0.137. The lowest BCUT2D eigenvalue weighted by Crippen LogP contribution is -2.13. The molecule has 2 N–H and O–H groups in total. The van der Waals surface area contributed by atoms with Crippen LogP contribution in [0.15, 0.2) is 18.2 Å². The smallest absolute Gasteiger partial charge is 0.416 e. The zero-order chi connectivity index (χ0) is 13.8. The second-order valence-corrected chi connectivity index (χ2v) is 4.20. The summed E-state index contributed by atoms with van der Waals surface area (Å²) >= 11 is 0. The fourth-order valence-corrected chi connectivity index (χ4v) is 1.77. The molecule has 1 rings (SSSR count). The number of alkyl halides is 3. The van der Waals surface area contributed by atoms with Crippen molar-refractivity contribution in [1.29, 1.82) is 0 Å². The van der Waals surface area contributed by atoms with Crippen LogP contribution in [0.25, 0.3) is 0 Å². The topological polar surface area (TPSA) is 35.2 Å². The summed E-state index contributed by atoms with van der Waals surface area (Å²) < 4.78 is 42.7. The molecule has 0 saturated carbocycles. The molecule has 0 aromatic heterocycles. The normalized spacial score (nSPS) is 12.7. The van der Waals surface area contributed by atoms with Crippen molar-refractivity contribution >= 4 is 12.4 Å². The van der Waals surface area contributed by atoms with Gasteiger partial charge < -0.3 is 10.5 Å². The summed E-state index contributed by atoms with van der Waals surface area (Å²) in [5.74, 6) is 0.202. The van der Waals surface area contributed by atoms with Gasteiger partial charge in [-0.1, -0.05) is 25.8 Å². The van der Waals surface area contributed by atoms with Gasteiger partial charge in [0.2, 0.25) is 0 Å². The minimum Gasteiger partial charge on any atom is -0.496 e. The van der Waals surface area contributed by atoms with E-state index in [4.69, 9.17) is 10.5 Å². The molecule has 0 unspecified atom stereocenters. The van der Waals surface area contributed by atoms with Crippen molar-refractivity contribution in [1.82, 2.24) is 0 Å². The van der Waals surface area contributed by atoms with E-state index in [-0.39, 0.29) is 24.2 Å². The van der Waals surface area contributed by atoms with Gasteiger partial charge in [0.15, 0.2) is 0 Å². The SMILES string of the molecule is CCCC[C@H](N)c1ccc(C(F)(F)F)cc1OC.Cl. The van der Waals surface area contributed by atoms with Gasteiger partial charge in [-0.25, -0.2) is 0 Å². The van der Waals surface area contributed by atoms with Gasteiger partial charge in [-0.2, -0.15) is 13.2 Å². The number of halogens is 4. The van der Waals surface area contributed by atoms with E-state index in [0.717, 1.165) is 31.4 Å². The number of hydrogen-bond donors (Lipinski definition) is 1. The van der Waals surface area contributed by atoms with Crippen molar-refractivity contribution in [2.75, 3.05) is 7.11 Å². The third-order valence-electron chi connectivity index (χ3n) is 2.83. The van der Waals surface area contributed by atoms with E-state index in [0.29, 0.717) is 5.56 Å². The minimum absolute atomic E-state index is 0. The van der Waals surface area contributed by atoms with Gasteiger partial charge in [0.05, 0.1) is 12.7 Å². The summed E-state index contributed by atoms with van der Waals surface area (Å²) in [6, 6.07) is 3.16. The van der Waals surface area contributed by atoms with E-state index in [9.17, 15) is 13.2 Å². The van der Waals surface area contributed by atoms with E-state index in [1.165, 1.54) is 13.2 Å². The average molecular weight is 298 g/mol. The molecule has 1 aromatic rings. The van der Waals surface area contributed by atoms with Crippen LogP contribution in [0.3, 0.4) is 0 Å². The second kappa shape index (κ2) is 7.60. The molecule has 0 aliphatic heterocycles. The molecule has 0 heterocycles. The number of hydrogen-bond acceptors (Lipinski definition) is 2. The molecule has 6 heteroatoms. The van der Waals surface area contributed by atoms with Gasteiger partial charge in [-0.15, -0.1) is 12.4 Å². The van der Waals surface area contributed by atoms with Crippen molar-refractivity contribution < 1.29 is 17.9 Å². The van der Waals surface area contributed by atoms with Crippen LogP contribution in [0.4, 0.5) is 13.2 Å². The zero-order valence-corrected chi connectivity index (χ0v) is 11.8. The van der Waals surface area contributed by atoms with E-state index in [2.05, 4.69) is 0 Å². The summed E-state index contributed by atoms with van der Waals surface area (Å²) in [6.07, 6.45) is -1.69. The van der Waals surface area contributed by atoms with Crippen molar-refractivity contribution in [3.8, 4) is 5.75 Å². The highest BCUT2D eigenvalue weighted by atomic mass is 35.5. The molecule has 0 amide bonds. The molecule has 1 atom stereocenters. The minimum atomic E-state index is -4.36. The molecule has 0 radical (unpaired) electrons. The number of unbranched alkanes of at least 4 members (excludes halogenated alkanes) is 1. The summed E-state index contributed by atoms with van der Waals surface area (Å²) in [7, 11) is 1.35. The molecule has 1 aromatic carbocycles. The summed E-state index contributed by atoms with van der Waals surface area (Å²) in [6.45, 7) is 2.04. The first-order valence-electron chi connectivity index (χ1n) is 5.90. The van der Waals surface area contributed by atoms with Crippen LogP contribution >= 0.6 is 12.4 Å². The van der Waals surface area contributed by atoms with Gasteiger partial charge in [-0.05, 0) is 18.6 Å². The third kappa shape index (κ3) is 4.91. The number of methoxy groups -OCH3 is 1. The third-order valence-corrected chi connectivity index (χ3v) is 2.83. The maximum atomic E-state index is 12.6. The van der Waals surface area contributed by atoms with Crippen LogP contribution in [-0.2, 0) is 6.18 Å². The quantitative estimate of drug-likeness (QED) is 0.878. The highest BCUT2D eigenvalue weighted by molar-refractivity contribution is 5.85. The van der Waals surface area contributed by atoms with Crippen molar-refractivity contribution in [2.45, 2.75) is 38.4 Å². The highest BCUT2D eigenvalue weighted by Crippen LogP contribution is 2.35. The van der Waals surface area contributed by atoms with Crippen LogP contribution in [-0.4, -0.2) is 7.11 Å². The van der Waals surface area contributed by atoms with Crippen LogP contribution in [0, 0.1) is 0 Å². The Hall–Kier alpha value is -0.940. The molecule has 2 nitrogen and oxygen atoms in total. The highest BCUT2D eigenvalue weighted by Gasteiger charge is 2.31. The lowest BCUT2D eigenvalue weighted by atomic mass is 9.99. The molecule has 0 bridgehead atoms. The molecule has 110 valence electrons. The van der Waals surface area contributed by atoms with Crippen LogP contribution in [0.1, 0.15) is 43.4 Å². The van der Waals surface area contributed by atoms with E-state index >= 15 is 0 Å². The Kier molecular flexibility index (Phi) is 7.23. The van der Waals surface area contributed by atoms with E-state index < -0.39 is 11.7 Å². The number of nitrogens with two attached hydrogens (primary N) is 1. The Bertz CT molecular complexity index is 396. The first-order chi connectivity index (χ1) is 8.40. The first-order valence-corrected chi connectivity index (χ1v) is 5.90. The van der Waals surface area contributed by atoms with Crippen LogP contribution < -0.4 is 10.5 Å². The number of benzene rings is 1. The largest absolute Gasteiger partial charge is 0.496 e. The van der Waals surface area contributed by atoms with Gasteiger partial charge in [0.1, 0.15) is 5.75 Å². The Balaban J connectivity index is 0.00000324. The van der Waals surface area contributed by atoms with Crippen molar-refractivity contribution in [3.63, 3.8) is 0 Å². The molecule has 19 heavy (non-hydrogen) atoms. The fourth-order valence-electron chi connectivity index (χ4n) is 1.77. The maximum absolute atomic E-state index is 12.6. The van der Waals surface area contributed by atoms with Gasteiger partial charge in [-0.3, -0.25) is 0 Å². The van der Waals surface area contributed by atoms with Crippen LogP contribution in [0.2, 0.25) is 0 Å². The molecule has 0 saturated heterocycles. The van der Waals surface area contributed by atoms with E-state index in [1.807, 2.05) is 6.92 Å². The number of ether oxygens (including phenoxy) is 1. The molecule has 0 aliphatic rings. The van der Waals surface area contributed by atoms with Crippen LogP contribution in [0.5, 0.6) is 5.75 Å². The summed E-state index contributed by atoms with van der Waals surface area (Å²) in [5.41, 5.74) is 5.86. The predicted octanol–water partition coefficient (Wildman–Crippen LogP) is 4.33. The maximum Gasteiger partial charge on any atom is 0.416 e. The molecule has 0 spiro atoms. The monoisotopic (exact) mass is 297 g/mol. The van der Waals surface area contributed by atoms with Gasteiger partial charge in [0, 0.05) is 11.6 Å². The van der Waals surface area contributed by atoms with Crippen molar-refractivity contribution in [3.05, 3.63) is 29.3 Å². The van der Waals surface area contributed by atoms with Gasteiger partial charge in [0.25, 0.3) is 0 Å². The average Bonchev–Trinajstić information content (AvgIpc) is 2.34. The Labute approximate surface area is 117 Å². The second-order valence-electron chi connectivity index (χ2n) is 4.20. The Morgan fingerprint density at radius 1 is 1.32 bits per heavy atom. The molecule has 0 aliphatic carbocycles. The Morgan fingerprint density at radius 3 is 2.42 bits per heavy atom. The first kappa shape index (κ1) is 18.1. The van der Waals surface area contributed by atoms with Crippen molar-refractivity contribution in [2.24, 2.45) is 5.73 Å². The standard InChI is InChI=1S/C13H18F3NO.ClH/c1-3-4-5-11(17)10-7-6-9(13(14,15)16)8-12(10)18-2;/h6-8,11H,3-5,17H2,1-2H3;1H/t11-;/m0./s1. The van der Waals surface area contributed by atoms with Gasteiger partial charge >= 0.3 is 6.18 Å². The van der Waals surface area contributed by atoms with E-state index in [1.54, 1.807) is 0 Å².